The number of rotatable bonds is 8. The highest BCUT2D eigenvalue weighted by Gasteiger charge is 2.17. The van der Waals surface area contributed by atoms with Crippen LogP contribution in [0, 0.1) is 0 Å². The van der Waals surface area contributed by atoms with E-state index >= 15 is 0 Å². The van der Waals surface area contributed by atoms with Crippen LogP contribution in [0.3, 0.4) is 0 Å². The van der Waals surface area contributed by atoms with E-state index in [9.17, 15) is 4.57 Å². The van der Waals surface area contributed by atoms with Crippen LogP contribution in [0.5, 0.6) is 0 Å². The van der Waals surface area contributed by atoms with Crippen molar-refractivity contribution in [2.45, 2.75) is 46.0 Å². The van der Waals surface area contributed by atoms with Gasteiger partial charge in [-0.2, -0.15) is 0 Å². The minimum absolute atomic E-state index is 0.508. The second kappa shape index (κ2) is 7.84. The summed E-state index contributed by atoms with van der Waals surface area (Å²) >= 11 is 5.73. The summed E-state index contributed by atoms with van der Waals surface area (Å²) in [6.07, 6.45) is 5.77. The van der Waals surface area contributed by atoms with Crippen molar-refractivity contribution in [2.75, 3.05) is 12.8 Å². The fourth-order valence-corrected chi connectivity index (χ4v) is 2.77. The van der Waals surface area contributed by atoms with E-state index in [4.69, 9.17) is 15.8 Å². The van der Waals surface area contributed by atoms with Gasteiger partial charge in [-0.3, -0.25) is 4.57 Å². The first-order chi connectivity index (χ1) is 6.12. The van der Waals surface area contributed by atoms with E-state index in [0.717, 1.165) is 19.3 Å². The van der Waals surface area contributed by atoms with Gasteiger partial charge in [-0.1, -0.05) is 33.1 Å². The number of halogens is 1. The molecule has 0 saturated carbocycles. The van der Waals surface area contributed by atoms with Crippen molar-refractivity contribution in [3.8, 4) is 0 Å². The third kappa shape index (κ3) is 8.80. The Balaban J connectivity index is 3.45. The summed E-state index contributed by atoms with van der Waals surface area (Å²) in [6.45, 7) is 1.86. The molecule has 0 heterocycles. The zero-order chi connectivity index (χ0) is 10.2. The lowest BCUT2D eigenvalue weighted by Crippen LogP contribution is -1.92. The summed E-state index contributed by atoms with van der Waals surface area (Å²) in [6, 6.07) is 0. The Kier molecular flexibility index (Phi) is 8.13. The Morgan fingerprint density at radius 2 is 1.85 bits per heavy atom. The van der Waals surface area contributed by atoms with Crippen LogP contribution < -0.4 is 0 Å². The Morgan fingerprint density at radius 1 is 1.15 bits per heavy atom. The van der Waals surface area contributed by atoms with Gasteiger partial charge in [0, 0.05) is 6.16 Å². The monoisotopic (exact) mass is 226 g/mol. The van der Waals surface area contributed by atoms with E-state index in [1.807, 2.05) is 6.92 Å². The molecule has 0 bridgehead atoms. The second-order valence-electron chi connectivity index (χ2n) is 3.21. The number of hydrogen-bond donors (Lipinski definition) is 0. The fourth-order valence-electron chi connectivity index (χ4n) is 1.02. The van der Waals surface area contributed by atoms with Crippen molar-refractivity contribution in [3.05, 3.63) is 0 Å². The van der Waals surface area contributed by atoms with E-state index in [1.165, 1.54) is 12.8 Å². The van der Waals surface area contributed by atoms with Crippen LogP contribution in [0.25, 0.3) is 0 Å². The van der Waals surface area contributed by atoms with Crippen LogP contribution in [0.1, 0.15) is 46.0 Å². The van der Waals surface area contributed by atoms with Gasteiger partial charge in [-0.05, 0) is 24.1 Å². The molecular weight excluding hydrogens is 207 g/mol. The van der Waals surface area contributed by atoms with Gasteiger partial charge >= 0.3 is 0 Å². The molecule has 0 saturated heterocycles. The van der Waals surface area contributed by atoms with Gasteiger partial charge in [0.05, 0.1) is 6.61 Å². The maximum Gasteiger partial charge on any atom is 0.290 e. The van der Waals surface area contributed by atoms with Gasteiger partial charge in [0.1, 0.15) is 0 Å². The molecule has 0 aromatic heterocycles. The van der Waals surface area contributed by atoms with E-state index in [0.29, 0.717) is 12.8 Å². The minimum atomic E-state index is -2.78. The lowest BCUT2D eigenvalue weighted by molar-refractivity contribution is 0.323. The van der Waals surface area contributed by atoms with Crippen molar-refractivity contribution in [3.63, 3.8) is 0 Å². The maximum absolute atomic E-state index is 11.5. The summed E-state index contributed by atoms with van der Waals surface area (Å²) in [4.78, 5) is 0. The topological polar surface area (TPSA) is 26.3 Å². The molecule has 0 aliphatic heterocycles. The summed E-state index contributed by atoms with van der Waals surface area (Å²) in [5.41, 5.74) is 0. The lowest BCUT2D eigenvalue weighted by Gasteiger charge is -2.09. The Morgan fingerprint density at radius 3 is 2.38 bits per heavy atom. The van der Waals surface area contributed by atoms with E-state index < -0.39 is 6.72 Å². The SMILES string of the molecule is CCCCCCP(=O)(Cl)OCCC. The van der Waals surface area contributed by atoms with Crippen LogP contribution in [0.2, 0.25) is 0 Å². The van der Waals surface area contributed by atoms with Crippen molar-refractivity contribution < 1.29 is 9.09 Å². The highest BCUT2D eigenvalue weighted by Crippen LogP contribution is 2.53. The van der Waals surface area contributed by atoms with Gasteiger partial charge in [0.25, 0.3) is 6.72 Å². The first-order valence-corrected chi connectivity index (χ1v) is 7.77. The van der Waals surface area contributed by atoms with E-state index in [2.05, 4.69) is 6.92 Å². The molecule has 0 radical (unpaired) electrons. The van der Waals surface area contributed by atoms with Gasteiger partial charge in [0.2, 0.25) is 0 Å². The standard InChI is InChI=1S/C9H20ClO2P/c1-3-5-6-7-9-13(10,11)12-8-4-2/h3-9H2,1-2H3. The predicted octanol–water partition coefficient (Wildman–Crippen LogP) is 4.43. The molecule has 0 rings (SSSR count). The molecule has 0 fully saturated rings. The molecule has 0 aromatic rings. The van der Waals surface area contributed by atoms with Crippen molar-refractivity contribution >= 4 is 18.0 Å². The third-order valence-corrected chi connectivity index (χ3v) is 3.99. The summed E-state index contributed by atoms with van der Waals surface area (Å²) in [5.74, 6) is 0. The summed E-state index contributed by atoms with van der Waals surface area (Å²) < 4.78 is 16.6. The van der Waals surface area contributed by atoms with Crippen LogP contribution >= 0.6 is 18.0 Å². The van der Waals surface area contributed by atoms with Crippen LogP contribution in [-0.4, -0.2) is 12.8 Å². The first-order valence-electron chi connectivity index (χ1n) is 5.05. The van der Waals surface area contributed by atoms with Crippen molar-refractivity contribution in [1.29, 1.82) is 0 Å². The molecule has 0 N–H and O–H groups in total. The summed E-state index contributed by atoms with van der Waals surface area (Å²) in [7, 11) is 0. The Labute approximate surface area is 86.2 Å². The normalized spacial score (nSPS) is 15.6. The molecule has 0 amide bonds. The predicted molar refractivity (Wildman–Crippen MR) is 58.7 cm³/mol. The fraction of sp³-hybridized carbons (Fsp3) is 1.00. The summed E-state index contributed by atoms with van der Waals surface area (Å²) in [5, 5.41) is 0. The van der Waals surface area contributed by atoms with Gasteiger partial charge < -0.3 is 4.52 Å². The van der Waals surface area contributed by atoms with Crippen LogP contribution in [0.15, 0.2) is 0 Å². The second-order valence-corrected chi connectivity index (χ2v) is 6.64. The van der Waals surface area contributed by atoms with Gasteiger partial charge in [-0.25, -0.2) is 0 Å². The van der Waals surface area contributed by atoms with Crippen LogP contribution in [0.4, 0.5) is 0 Å². The molecule has 4 heteroatoms. The third-order valence-electron chi connectivity index (χ3n) is 1.77. The highest BCUT2D eigenvalue weighted by atomic mass is 35.7. The molecule has 0 spiro atoms. The molecule has 13 heavy (non-hydrogen) atoms. The molecule has 2 nitrogen and oxygen atoms in total. The van der Waals surface area contributed by atoms with Gasteiger partial charge in [0.15, 0.2) is 0 Å². The van der Waals surface area contributed by atoms with Gasteiger partial charge in [-0.15, -0.1) is 0 Å². The molecule has 80 valence electrons. The lowest BCUT2D eigenvalue weighted by atomic mass is 10.2. The molecule has 0 aromatic carbocycles. The molecule has 1 unspecified atom stereocenters. The molecule has 0 aliphatic rings. The highest BCUT2D eigenvalue weighted by molar-refractivity contribution is 7.85. The van der Waals surface area contributed by atoms with E-state index in [1.54, 1.807) is 0 Å². The molecule has 0 aliphatic carbocycles. The smallest absolute Gasteiger partial charge is 0.290 e. The number of unbranched alkanes of at least 4 members (excludes halogenated alkanes) is 3. The average Bonchev–Trinajstić information content (AvgIpc) is 2.09. The molecule has 1 atom stereocenters. The number of hydrogen-bond acceptors (Lipinski definition) is 2. The zero-order valence-corrected chi connectivity index (χ0v) is 10.2. The minimum Gasteiger partial charge on any atom is -0.318 e. The Hall–Kier alpha value is 0.480. The quantitative estimate of drug-likeness (QED) is 0.452. The van der Waals surface area contributed by atoms with Crippen LogP contribution in [-0.2, 0) is 9.09 Å². The van der Waals surface area contributed by atoms with Crippen molar-refractivity contribution in [1.82, 2.24) is 0 Å². The van der Waals surface area contributed by atoms with E-state index in [-0.39, 0.29) is 0 Å². The zero-order valence-electron chi connectivity index (χ0n) is 8.59. The first kappa shape index (κ1) is 13.5. The average molecular weight is 227 g/mol. The Bertz CT molecular complexity index is 162. The largest absolute Gasteiger partial charge is 0.318 e. The maximum atomic E-state index is 11.5. The molecular formula is C9H20ClO2P. The van der Waals surface area contributed by atoms with Crippen molar-refractivity contribution in [2.24, 2.45) is 0 Å².